The Bertz CT molecular complexity index is 559. The van der Waals surface area contributed by atoms with Crippen LogP contribution in [0.2, 0.25) is 0 Å². The summed E-state index contributed by atoms with van der Waals surface area (Å²) in [6.45, 7) is 1.61. The van der Waals surface area contributed by atoms with Gasteiger partial charge in [-0.3, -0.25) is 9.78 Å². The fourth-order valence-corrected chi connectivity index (χ4v) is 2.23. The number of nitrogens with one attached hydrogen (secondary N) is 2. The van der Waals surface area contributed by atoms with Crippen LogP contribution < -0.4 is 11.0 Å². The average molecular weight is 231 g/mol. The van der Waals surface area contributed by atoms with Crippen LogP contribution in [0.4, 0.5) is 5.95 Å². The molecule has 17 heavy (non-hydrogen) atoms. The first-order valence-electron chi connectivity index (χ1n) is 5.67. The summed E-state index contributed by atoms with van der Waals surface area (Å²) in [5.74, 6) is 1.51. The van der Waals surface area contributed by atoms with Crippen molar-refractivity contribution in [2.75, 3.05) is 5.43 Å². The van der Waals surface area contributed by atoms with Crippen molar-refractivity contribution in [1.29, 1.82) is 0 Å². The van der Waals surface area contributed by atoms with Crippen molar-refractivity contribution < 1.29 is 0 Å². The third-order valence-corrected chi connectivity index (χ3v) is 3.33. The van der Waals surface area contributed by atoms with E-state index in [-0.39, 0.29) is 5.56 Å². The SMILES string of the molecule is Cc1nnc(N/N=C2\CC3C=CCC23)[nH]c1=O. The van der Waals surface area contributed by atoms with Gasteiger partial charge in [0.05, 0.1) is 0 Å². The van der Waals surface area contributed by atoms with Crippen molar-refractivity contribution in [2.24, 2.45) is 16.9 Å². The molecular weight excluding hydrogens is 218 g/mol. The van der Waals surface area contributed by atoms with Crippen LogP contribution in [-0.4, -0.2) is 20.9 Å². The fraction of sp³-hybridized carbons (Fsp3) is 0.455. The number of hydrogen-bond donors (Lipinski definition) is 2. The average Bonchev–Trinajstić information content (AvgIpc) is 2.66. The molecule has 0 aromatic carbocycles. The number of aromatic amines is 1. The van der Waals surface area contributed by atoms with Gasteiger partial charge in [0.25, 0.3) is 5.56 Å². The number of fused-ring (bicyclic) bond motifs is 1. The largest absolute Gasteiger partial charge is 0.288 e. The molecule has 2 aliphatic rings. The monoisotopic (exact) mass is 231 g/mol. The second-order valence-electron chi connectivity index (χ2n) is 4.44. The van der Waals surface area contributed by atoms with E-state index in [4.69, 9.17) is 0 Å². The number of hydrogen-bond acceptors (Lipinski definition) is 5. The maximum atomic E-state index is 11.3. The molecule has 2 aliphatic carbocycles. The van der Waals surface area contributed by atoms with Crippen molar-refractivity contribution >= 4 is 11.7 Å². The highest BCUT2D eigenvalue weighted by molar-refractivity contribution is 5.94. The summed E-state index contributed by atoms with van der Waals surface area (Å²) in [6.07, 6.45) is 6.52. The number of nitrogens with zero attached hydrogens (tertiary/aromatic N) is 3. The van der Waals surface area contributed by atoms with E-state index in [0.717, 1.165) is 18.6 Å². The maximum Gasteiger partial charge on any atom is 0.274 e. The number of anilines is 1. The third kappa shape index (κ3) is 1.75. The van der Waals surface area contributed by atoms with E-state index in [1.165, 1.54) is 0 Å². The van der Waals surface area contributed by atoms with E-state index >= 15 is 0 Å². The van der Waals surface area contributed by atoms with Crippen LogP contribution in [0, 0.1) is 18.8 Å². The van der Waals surface area contributed by atoms with Gasteiger partial charge in [0.15, 0.2) is 0 Å². The van der Waals surface area contributed by atoms with Crippen molar-refractivity contribution in [3.05, 3.63) is 28.2 Å². The molecule has 0 saturated heterocycles. The van der Waals surface area contributed by atoms with Gasteiger partial charge in [0.1, 0.15) is 5.69 Å². The lowest BCUT2D eigenvalue weighted by Crippen LogP contribution is -2.33. The van der Waals surface area contributed by atoms with Crippen molar-refractivity contribution in [3.8, 4) is 0 Å². The molecule has 0 bridgehead atoms. The summed E-state index contributed by atoms with van der Waals surface area (Å²) in [5.41, 5.74) is 4.01. The van der Waals surface area contributed by atoms with Crippen molar-refractivity contribution in [2.45, 2.75) is 19.8 Å². The molecule has 1 saturated carbocycles. The zero-order valence-electron chi connectivity index (χ0n) is 9.47. The number of aromatic nitrogens is 3. The van der Waals surface area contributed by atoms with Crippen molar-refractivity contribution in [3.63, 3.8) is 0 Å². The van der Waals surface area contributed by atoms with E-state index in [1.807, 2.05) is 0 Å². The van der Waals surface area contributed by atoms with Gasteiger partial charge in [0.2, 0.25) is 5.95 Å². The van der Waals surface area contributed by atoms with E-state index in [1.54, 1.807) is 6.92 Å². The number of aryl methyl sites for hydroxylation is 1. The zero-order valence-corrected chi connectivity index (χ0v) is 9.47. The summed E-state index contributed by atoms with van der Waals surface area (Å²) < 4.78 is 0. The molecule has 2 atom stereocenters. The van der Waals surface area contributed by atoms with Crippen LogP contribution in [0.5, 0.6) is 0 Å². The Balaban J connectivity index is 1.70. The number of H-pyrrole nitrogens is 1. The zero-order chi connectivity index (χ0) is 11.8. The molecule has 88 valence electrons. The minimum Gasteiger partial charge on any atom is -0.288 e. The maximum absolute atomic E-state index is 11.3. The Labute approximate surface area is 97.9 Å². The van der Waals surface area contributed by atoms with Gasteiger partial charge in [-0.25, -0.2) is 5.43 Å². The number of hydrazone groups is 1. The Hall–Kier alpha value is -1.98. The van der Waals surface area contributed by atoms with Gasteiger partial charge in [-0.2, -0.15) is 5.10 Å². The quantitative estimate of drug-likeness (QED) is 0.583. The first-order chi connectivity index (χ1) is 8.24. The summed E-state index contributed by atoms with van der Waals surface area (Å²) in [5, 5.41) is 11.8. The molecule has 0 aliphatic heterocycles. The van der Waals surface area contributed by atoms with Crippen LogP contribution in [-0.2, 0) is 0 Å². The standard InChI is InChI=1S/C11H13N5O/c1-6-10(17)12-11(15-13-6)16-14-9-5-7-3-2-4-8(7)9/h2-3,7-8H,4-5H2,1H3,(H2,12,15,16,17)/b14-9+. The summed E-state index contributed by atoms with van der Waals surface area (Å²) >= 11 is 0. The van der Waals surface area contributed by atoms with E-state index in [0.29, 0.717) is 23.5 Å². The molecular formula is C11H13N5O. The van der Waals surface area contributed by atoms with Gasteiger partial charge in [0, 0.05) is 11.6 Å². The normalized spacial score (nSPS) is 27.9. The van der Waals surface area contributed by atoms with Crippen LogP contribution in [0.3, 0.4) is 0 Å². The third-order valence-electron chi connectivity index (χ3n) is 3.33. The Kier molecular flexibility index (Phi) is 2.28. The molecule has 1 aromatic rings. The van der Waals surface area contributed by atoms with Crippen LogP contribution in [0.25, 0.3) is 0 Å². The van der Waals surface area contributed by atoms with Gasteiger partial charge < -0.3 is 0 Å². The molecule has 0 spiro atoms. The van der Waals surface area contributed by atoms with Gasteiger partial charge in [-0.05, 0) is 25.7 Å². The van der Waals surface area contributed by atoms with Crippen molar-refractivity contribution in [1.82, 2.24) is 15.2 Å². The van der Waals surface area contributed by atoms with Gasteiger partial charge >= 0.3 is 0 Å². The Morgan fingerprint density at radius 3 is 3.18 bits per heavy atom. The second-order valence-corrected chi connectivity index (χ2v) is 4.44. The molecule has 2 unspecified atom stereocenters. The summed E-state index contributed by atoms with van der Waals surface area (Å²) in [7, 11) is 0. The first-order valence-corrected chi connectivity index (χ1v) is 5.67. The number of rotatable bonds is 2. The van der Waals surface area contributed by atoms with Crippen LogP contribution >= 0.6 is 0 Å². The topological polar surface area (TPSA) is 83.0 Å². The highest BCUT2D eigenvalue weighted by Crippen LogP contribution is 2.40. The predicted octanol–water partition coefficient (Wildman–Crippen LogP) is 0.837. The Morgan fingerprint density at radius 2 is 2.41 bits per heavy atom. The smallest absolute Gasteiger partial charge is 0.274 e. The van der Waals surface area contributed by atoms with Gasteiger partial charge in [-0.15, -0.1) is 10.2 Å². The fourth-order valence-electron chi connectivity index (χ4n) is 2.23. The first kappa shape index (κ1) is 10.2. The van der Waals surface area contributed by atoms with E-state index in [2.05, 4.69) is 37.9 Å². The molecule has 2 N–H and O–H groups in total. The molecule has 6 nitrogen and oxygen atoms in total. The van der Waals surface area contributed by atoms with Gasteiger partial charge in [-0.1, -0.05) is 12.2 Å². The lowest BCUT2D eigenvalue weighted by molar-refractivity contribution is 0.466. The lowest BCUT2D eigenvalue weighted by Gasteiger charge is -2.31. The highest BCUT2D eigenvalue weighted by Gasteiger charge is 2.37. The number of allylic oxidation sites excluding steroid dienone is 2. The molecule has 0 amide bonds. The molecule has 1 fully saturated rings. The Morgan fingerprint density at radius 1 is 1.53 bits per heavy atom. The molecule has 0 radical (unpaired) electrons. The lowest BCUT2D eigenvalue weighted by atomic mass is 9.74. The molecule has 1 aromatic heterocycles. The summed E-state index contributed by atoms with van der Waals surface area (Å²) in [6, 6.07) is 0. The van der Waals surface area contributed by atoms with E-state index in [9.17, 15) is 4.79 Å². The minimum atomic E-state index is -0.239. The molecule has 6 heteroatoms. The molecule has 1 heterocycles. The predicted molar refractivity (Wildman–Crippen MR) is 63.8 cm³/mol. The molecule has 3 rings (SSSR count). The highest BCUT2D eigenvalue weighted by atomic mass is 16.1. The van der Waals surface area contributed by atoms with Crippen LogP contribution in [0.15, 0.2) is 22.0 Å². The minimum absolute atomic E-state index is 0.239. The second kappa shape index (κ2) is 3.80. The summed E-state index contributed by atoms with van der Waals surface area (Å²) in [4.78, 5) is 13.9. The van der Waals surface area contributed by atoms with Crippen LogP contribution in [0.1, 0.15) is 18.5 Å². The van der Waals surface area contributed by atoms with E-state index < -0.39 is 0 Å².